The molecule has 0 aromatic heterocycles. The van der Waals surface area contributed by atoms with E-state index in [2.05, 4.69) is 4.18 Å². The van der Waals surface area contributed by atoms with Gasteiger partial charge in [0.15, 0.2) is 0 Å². The molecule has 0 aliphatic carbocycles. The van der Waals surface area contributed by atoms with E-state index >= 15 is 0 Å². The normalized spacial score (nSPS) is 14.4. The maximum Gasteiger partial charge on any atom is 0.417 e. The maximum absolute atomic E-state index is 13.3. The highest BCUT2D eigenvalue weighted by molar-refractivity contribution is 7.87. The highest BCUT2D eigenvalue weighted by atomic mass is 32.2. The van der Waals surface area contributed by atoms with E-state index in [1.807, 2.05) is 0 Å². The molecule has 0 fully saturated rings. The van der Waals surface area contributed by atoms with Crippen LogP contribution in [0, 0.1) is 5.82 Å². The number of rotatable bonds is 4. The summed E-state index contributed by atoms with van der Waals surface area (Å²) in [5.41, 5.74) is -1.75. The number of hydrogen-bond donors (Lipinski definition) is 1. The van der Waals surface area contributed by atoms with Crippen LogP contribution in [0.4, 0.5) is 17.6 Å². The smallest absolute Gasteiger partial charge is 0.345 e. The predicted octanol–water partition coefficient (Wildman–Crippen LogP) is 1.97. The Hall–Kier alpha value is -0.960. The van der Waals surface area contributed by atoms with E-state index in [-0.39, 0.29) is 0 Å². The molecule has 0 spiro atoms. The Labute approximate surface area is 105 Å². The summed E-state index contributed by atoms with van der Waals surface area (Å²) < 4.78 is 88.1. The molecule has 0 aliphatic heterocycles. The molecule has 11 heteroatoms. The predicted molar refractivity (Wildman–Crippen MR) is 55.8 cm³/mol. The first-order valence-electron chi connectivity index (χ1n) is 4.52. The summed E-state index contributed by atoms with van der Waals surface area (Å²) >= 11 is 0. The number of hydrogen-bond acceptors (Lipinski definition) is 4. The number of halogens is 4. The molecule has 0 heterocycles. The van der Waals surface area contributed by atoms with Crippen LogP contribution in [0.1, 0.15) is 5.56 Å². The monoisotopic (exact) mass is 322 g/mol. The first kappa shape index (κ1) is 16.1. The van der Waals surface area contributed by atoms with E-state index in [1.165, 1.54) is 0 Å². The van der Waals surface area contributed by atoms with Crippen LogP contribution in [0.5, 0.6) is 0 Å². The summed E-state index contributed by atoms with van der Waals surface area (Å²) in [6.45, 7) is 0. The number of benzene rings is 1. The lowest BCUT2D eigenvalue weighted by atomic mass is 10.2. The standard InChI is InChI=1S/C8H7F4O5PS/c9-6-3-1-2-5(8(10,11)12)7(6)19(15,16)17-4-18(13)14/h1-3,18H,4H2,(H,13,14). The average Bonchev–Trinajstić information content (AvgIpc) is 2.24. The Morgan fingerprint density at radius 1 is 1.32 bits per heavy atom. The van der Waals surface area contributed by atoms with E-state index in [0.717, 1.165) is 0 Å². The van der Waals surface area contributed by atoms with Crippen LogP contribution in [0.25, 0.3) is 0 Å². The molecule has 1 aromatic carbocycles. The van der Waals surface area contributed by atoms with Gasteiger partial charge in [-0.1, -0.05) is 6.07 Å². The van der Waals surface area contributed by atoms with Gasteiger partial charge < -0.3 is 4.89 Å². The molecule has 5 nitrogen and oxygen atoms in total. The SMILES string of the molecule is O=[PH](O)COS(=O)(=O)c1c(F)cccc1C(F)(F)F. The van der Waals surface area contributed by atoms with Gasteiger partial charge in [-0.3, -0.25) is 8.75 Å². The molecule has 0 radical (unpaired) electrons. The molecule has 108 valence electrons. The average molecular weight is 322 g/mol. The zero-order valence-electron chi connectivity index (χ0n) is 8.94. The molecule has 0 saturated carbocycles. The van der Waals surface area contributed by atoms with Gasteiger partial charge in [-0.05, 0) is 12.1 Å². The summed E-state index contributed by atoms with van der Waals surface area (Å²) in [5.74, 6) is -1.66. The Morgan fingerprint density at radius 2 is 1.89 bits per heavy atom. The second-order valence-electron chi connectivity index (χ2n) is 3.22. The van der Waals surface area contributed by atoms with Gasteiger partial charge in [0.2, 0.25) is 8.03 Å². The van der Waals surface area contributed by atoms with E-state index < -0.39 is 46.9 Å². The highest BCUT2D eigenvalue weighted by Gasteiger charge is 2.39. The van der Waals surface area contributed by atoms with Crippen LogP contribution in [-0.4, -0.2) is 19.7 Å². The Bertz CT molecular complexity index is 598. The van der Waals surface area contributed by atoms with Gasteiger partial charge in [0.1, 0.15) is 17.1 Å². The summed E-state index contributed by atoms with van der Waals surface area (Å²) in [6, 6.07) is 1.56. The molecule has 0 amide bonds. The first-order valence-corrected chi connectivity index (χ1v) is 7.49. The van der Waals surface area contributed by atoms with Gasteiger partial charge in [-0.15, -0.1) is 0 Å². The van der Waals surface area contributed by atoms with Gasteiger partial charge in [0.25, 0.3) is 0 Å². The second-order valence-corrected chi connectivity index (χ2v) is 5.85. The lowest BCUT2D eigenvalue weighted by molar-refractivity contribution is -0.140. The Morgan fingerprint density at radius 3 is 2.37 bits per heavy atom. The van der Waals surface area contributed by atoms with E-state index in [0.29, 0.717) is 18.2 Å². The van der Waals surface area contributed by atoms with Crippen molar-refractivity contribution in [3.63, 3.8) is 0 Å². The van der Waals surface area contributed by atoms with Crippen molar-refractivity contribution in [3.05, 3.63) is 29.6 Å². The van der Waals surface area contributed by atoms with Crippen molar-refractivity contribution < 1.29 is 39.6 Å². The molecular weight excluding hydrogens is 315 g/mol. The highest BCUT2D eigenvalue weighted by Crippen LogP contribution is 2.36. The summed E-state index contributed by atoms with van der Waals surface area (Å²) in [6.07, 6.45) is -6.34. The van der Waals surface area contributed by atoms with Crippen LogP contribution < -0.4 is 0 Å². The van der Waals surface area contributed by atoms with Gasteiger partial charge >= 0.3 is 16.3 Å². The zero-order valence-corrected chi connectivity index (χ0v) is 10.8. The maximum atomic E-state index is 13.3. The molecule has 1 rings (SSSR count). The fourth-order valence-corrected chi connectivity index (χ4v) is 3.07. The van der Waals surface area contributed by atoms with Crippen molar-refractivity contribution in [2.45, 2.75) is 11.1 Å². The van der Waals surface area contributed by atoms with Crippen LogP contribution in [-0.2, 0) is 25.0 Å². The van der Waals surface area contributed by atoms with E-state index in [9.17, 15) is 30.5 Å². The molecule has 1 unspecified atom stereocenters. The molecule has 0 bridgehead atoms. The second kappa shape index (κ2) is 5.58. The van der Waals surface area contributed by atoms with Crippen LogP contribution in [0.2, 0.25) is 0 Å². The van der Waals surface area contributed by atoms with Crippen molar-refractivity contribution in [1.29, 1.82) is 0 Å². The van der Waals surface area contributed by atoms with Crippen molar-refractivity contribution in [2.75, 3.05) is 6.35 Å². The molecular formula is C8H7F4O5PS. The number of alkyl halides is 3. The molecule has 1 aromatic rings. The van der Waals surface area contributed by atoms with E-state index in [1.54, 1.807) is 0 Å². The first-order chi connectivity index (χ1) is 8.55. The van der Waals surface area contributed by atoms with Crippen molar-refractivity contribution >= 4 is 18.1 Å². The molecule has 0 aliphatic rings. The van der Waals surface area contributed by atoms with E-state index in [4.69, 9.17) is 4.89 Å². The van der Waals surface area contributed by atoms with Crippen molar-refractivity contribution in [1.82, 2.24) is 0 Å². The Balaban J connectivity index is 3.37. The topological polar surface area (TPSA) is 80.7 Å². The minimum absolute atomic E-state index is 0.362. The molecule has 19 heavy (non-hydrogen) atoms. The van der Waals surface area contributed by atoms with Crippen LogP contribution >= 0.6 is 8.03 Å². The summed E-state index contributed by atoms with van der Waals surface area (Å²) in [4.78, 5) is 6.70. The molecule has 1 atom stereocenters. The Kier molecular flexibility index (Phi) is 4.72. The minimum Gasteiger partial charge on any atom is -0.345 e. The third kappa shape index (κ3) is 4.00. The van der Waals surface area contributed by atoms with Gasteiger partial charge in [0, 0.05) is 0 Å². The summed E-state index contributed by atoms with van der Waals surface area (Å²) in [5, 5.41) is 0. The third-order valence-corrected chi connectivity index (χ3v) is 3.80. The molecule has 0 saturated heterocycles. The fourth-order valence-electron chi connectivity index (χ4n) is 1.17. The van der Waals surface area contributed by atoms with Gasteiger partial charge in [-0.25, -0.2) is 4.39 Å². The summed E-state index contributed by atoms with van der Waals surface area (Å²) in [7, 11) is -8.52. The lowest BCUT2D eigenvalue weighted by Gasteiger charge is -2.13. The lowest BCUT2D eigenvalue weighted by Crippen LogP contribution is -2.17. The quantitative estimate of drug-likeness (QED) is 0.521. The van der Waals surface area contributed by atoms with Crippen LogP contribution in [0.3, 0.4) is 0 Å². The minimum atomic E-state index is -5.13. The zero-order chi connectivity index (χ0) is 14.8. The molecule has 1 N–H and O–H groups in total. The van der Waals surface area contributed by atoms with Crippen molar-refractivity contribution in [2.24, 2.45) is 0 Å². The van der Waals surface area contributed by atoms with Crippen molar-refractivity contribution in [3.8, 4) is 0 Å². The van der Waals surface area contributed by atoms with Crippen LogP contribution in [0.15, 0.2) is 23.1 Å². The fraction of sp³-hybridized carbons (Fsp3) is 0.250. The third-order valence-electron chi connectivity index (χ3n) is 1.86. The van der Waals surface area contributed by atoms with Gasteiger partial charge in [-0.2, -0.15) is 21.6 Å². The van der Waals surface area contributed by atoms with Gasteiger partial charge in [0.05, 0.1) is 5.56 Å². The largest absolute Gasteiger partial charge is 0.417 e.